The van der Waals surface area contributed by atoms with Crippen LogP contribution in [-0.4, -0.2) is 47.5 Å². The van der Waals surface area contributed by atoms with E-state index >= 15 is 0 Å². The predicted octanol–water partition coefficient (Wildman–Crippen LogP) is 1.38. The highest BCUT2D eigenvalue weighted by molar-refractivity contribution is 8.00. The van der Waals surface area contributed by atoms with Crippen molar-refractivity contribution in [3.05, 3.63) is 0 Å². The van der Waals surface area contributed by atoms with Crippen LogP contribution in [0, 0.1) is 11.3 Å². The number of piperidine rings is 1. The van der Waals surface area contributed by atoms with E-state index in [0.29, 0.717) is 30.0 Å². The minimum absolute atomic E-state index is 0.233. The zero-order chi connectivity index (χ0) is 12.8. The van der Waals surface area contributed by atoms with Crippen LogP contribution >= 0.6 is 11.8 Å². The Morgan fingerprint density at radius 3 is 2.67 bits per heavy atom. The molecule has 2 aliphatic rings. The molecule has 1 heterocycles. The molecular weight excluding hydrogens is 246 g/mol. The molecule has 100 valence electrons. The molecule has 2 rings (SSSR count). The third kappa shape index (κ3) is 4.18. The lowest BCUT2D eigenvalue weighted by atomic mass is 10.2. The summed E-state index contributed by atoms with van der Waals surface area (Å²) in [5, 5.41) is 12.6. The predicted molar refractivity (Wildman–Crippen MR) is 73.3 cm³/mol. The molecule has 0 aromatic heterocycles. The van der Waals surface area contributed by atoms with Gasteiger partial charge >= 0.3 is 0 Å². The number of amides is 1. The maximum atomic E-state index is 12.2. The molecule has 1 saturated heterocycles. The Kier molecular flexibility index (Phi) is 5.33. The van der Waals surface area contributed by atoms with Gasteiger partial charge in [0.1, 0.15) is 0 Å². The smallest absolute Gasteiger partial charge is 0.232 e. The summed E-state index contributed by atoms with van der Waals surface area (Å²) < 4.78 is 0. The van der Waals surface area contributed by atoms with Gasteiger partial charge in [-0.2, -0.15) is 5.26 Å². The van der Waals surface area contributed by atoms with Crippen LogP contribution in [0.15, 0.2) is 0 Å². The summed E-state index contributed by atoms with van der Waals surface area (Å²) in [6, 6.07) is 2.56. The monoisotopic (exact) mass is 267 g/mol. The standard InChI is InChI=1S/C13H21N3OS/c14-6-1-9-16(11-2-3-11)13(17)10-18-12-4-7-15-8-5-12/h11-12,15H,1-5,7-10H2. The van der Waals surface area contributed by atoms with Gasteiger partial charge in [0.05, 0.1) is 18.2 Å². The molecule has 4 nitrogen and oxygen atoms in total. The molecule has 1 aliphatic carbocycles. The lowest BCUT2D eigenvalue weighted by molar-refractivity contribution is -0.128. The molecule has 1 amide bonds. The molecule has 1 N–H and O–H groups in total. The van der Waals surface area contributed by atoms with Gasteiger partial charge < -0.3 is 10.2 Å². The number of hydrogen-bond donors (Lipinski definition) is 1. The first-order valence-corrected chi connectivity index (χ1v) is 7.85. The average molecular weight is 267 g/mol. The normalized spacial score (nSPS) is 20.4. The maximum Gasteiger partial charge on any atom is 0.232 e. The molecule has 0 bridgehead atoms. The van der Waals surface area contributed by atoms with Gasteiger partial charge in [0.2, 0.25) is 5.91 Å². The van der Waals surface area contributed by atoms with Gasteiger partial charge in [0.25, 0.3) is 0 Å². The molecule has 0 radical (unpaired) electrons. The molecule has 2 fully saturated rings. The van der Waals surface area contributed by atoms with Crippen molar-refractivity contribution in [1.29, 1.82) is 5.26 Å². The lowest BCUT2D eigenvalue weighted by Crippen LogP contribution is -2.36. The quantitative estimate of drug-likeness (QED) is 0.790. The highest BCUT2D eigenvalue weighted by Crippen LogP contribution is 2.28. The number of nitrogens with one attached hydrogen (secondary N) is 1. The number of nitriles is 1. The summed E-state index contributed by atoms with van der Waals surface area (Å²) in [6.45, 7) is 2.77. The number of hydrogen-bond acceptors (Lipinski definition) is 4. The summed E-state index contributed by atoms with van der Waals surface area (Å²) in [4.78, 5) is 14.1. The highest BCUT2D eigenvalue weighted by Gasteiger charge is 2.32. The number of carbonyl (C=O) groups is 1. The van der Waals surface area contributed by atoms with Crippen molar-refractivity contribution in [2.75, 3.05) is 25.4 Å². The molecule has 0 aromatic carbocycles. The van der Waals surface area contributed by atoms with E-state index in [1.54, 1.807) is 11.8 Å². The van der Waals surface area contributed by atoms with Crippen LogP contribution in [0.4, 0.5) is 0 Å². The Morgan fingerprint density at radius 2 is 2.06 bits per heavy atom. The molecule has 0 spiro atoms. The van der Waals surface area contributed by atoms with E-state index in [0.717, 1.165) is 25.9 Å². The Bertz CT molecular complexity index is 319. The van der Waals surface area contributed by atoms with E-state index in [9.17, 15) is 4.79 Å². The van der Waals surface area contributed by atoms with Crippen LogP contribution in [0.2, 0.25) is 0 Å². The summed E-state index contributed by atoms with van der Waals surface area (Å²) in [7, 11) is 0. The van der Waals surface area contributed by atoms with Gasteiger partial charge in [-0.3, -0.25) is 4.79 Å². The number of rotatable bonds is 6. The summed E-state index contributed by atoms with van der Waals surface area (Å²) in [5.41, 5.74) is 0. The molecule has 1 aliphatic heterocycles. The zero-order valence-electron chi connectivity index (χ0n) is 10.7. The van der Waals surface area contributed by atoms with Crippen molar-refractivity contribution in [3.63, 3.8) is 0 Å². The van der Waals surface area contributed by atoms with Crippen LogP contribution < -0.4 is 5.32 Å². The van der Waals surface area contributed by atoms with Crippen molar-refractivity contribution in [2.24, 2.45) is 0 Å². The SMILES string of the molecule is N#CCCN(C(=O)CSC1CCNCC1)C1CC1. The zero-order valence-corrected chi connectivity index (χ0v) is 11.5. The van der Waals surface area contributed by atoms with Gasteiger partial charge in [0.15, 0.2) is 0 Å². The molecule has 0 aromatic rings. The van der Waals surface area contributed by atoms with Crippen molar-refractivity contribution in [1.82, 2.24) is 10.2 Å². The third-order valence-corrected chi connectivity index (χ3v) is 4.86. The molecule has 0 atom stereocenters. The summed E-state index contributed by atoms with van der Waals surface area (Å²) in [5.74, 6) is 0.823. The van der Waals surface area contributed by atoms with Gasteiger partial charge in [-0.25, -0.2) is 0 Å². The van der Waals surface area contributed by atoms with Crippen LogP contribution in [0.1, 0.15) is 32.1 Å². The van der Waals surface area contributed by atoms with Crippen LogP contribution in [0.5, 0.6) is 0 Å². The topological polar surface area (TPSA) is 56.1 Å². The minimum Gasteiger partial charge on any atom is -0.338 e. The molecule has 18 heavy (non-hydrogen) atoms. The average Bonchev–Trinajstić information content (AvgIpc) is 3.22. The highest BCUT2D eigenvalue weighted by atomic mass is 32.2. The van der Waals surface area contributed by atoms with E-state index in [-0.39, 0.29) is 5.91 Å². The van der Waals surface area contributed by atoms with Crippen molar-refractivity contribution < 1.29 is 4.79 Å². The second kappa shape index (κ2) is 7.01. The molecule has 5 heteroatoms. The van der Waals surface area contributed by atoms with Crippen molar-refractivity contribution >= 4 is 17.7 Å². The number of thioether (sulfide) groups is 1. The Balaban J connectivity index is 1.72. The second-order valence-corrected chi connectivity index (χ2v) is 6.28. The summed E-state index contributed by atoms with van der Waals surface area (Å²) in [6.07, 6.45) is 5.03. The van der Waals surface area contributed by atoms with Gasteiger partial charge in [-0.15, -0.1) is 11.8 Å². The van der Waals surface area contributed by atoms with E-state index in [1.165, 1.54) is 12.8 Å². The lowest BCUT2D eigenvalue weighted by Gasteiger charge is -2.25. The number of nitrogens with zero attached hydrogens (tertiary/aromatic N) is 2. The van der Waals surface area contributed by atoms with E-state index < -0.39 is 0 Å². The first-order valence-electron chi connectivity index (χ1n) is 6.80. The molecular formula is C13H21N3OS. The van der Waals surface area contributed by atoms with Crippen molar-refractivity contribution in [3.8, 4) is 6.07 Å². The van der Waals surface area contributed by atoms with E-state index in [4.69, 9.17) is 5.26 Å². The maximum absolute atomic E-state index is 12.2. The largest absolute Gasteiger partial charge is 0.338 e. The fourth-order valence-corrected chi connectivity index (χ4v) is 3.41. The Labute approximate surface area is 113 Å². The van der Waals surface area contributed by atoms with Crippen LogP contribution in [0.3, 0.4) is 0 Å². The minimum atomic E-state index is 0.233. The van der Waals surface area contributed by atoms with Gasteiger partial charge in [-0.05, 0) is 38.8 Å². The van der Waals surface area contributed by atoms with Gasteiger partial charge in [-0.1, -0.05) is 0 Å². The van der Waals surface area contributed by atoms with E-state index in [2.05, 4.69) is 11.4 Å². The summed E-state index contributed by atoms with van der Waals surface area (Å²) >= 11 is 1.80. The van der Waals surface area contributed by atoms with E-state index in [1.807, 2.05) is 4.90 Å². The first kappa shape index (κ1) is 13.7. The fourth-order valence-electron chi connectivity index (χ4n) is 2.30. The third-order valence-electron chi connectivity index (χ3n) is 3.50. The Hall–Kier alpha value is -0.730. The van der Waals surface area contributed by atoms with Crippen molar-refractivity contribution in [2.45, 2.75) is 43.4 Å². The second-order valence-electron chi connectivity index (χ2n) is 4.99. The first-order chi connectivity index (χ1) is 8.81. The van der Waals surface area contributed by atoms with Crippen LogP contribution in [-0.2, 0) is 4.79 Å². The fraction of sp³-hybridized carbons (Fsp3) is 0.846. The molecule has 0 unspecified atom stereocenters. The number of carbonyl (C=O) groups excluding carboxylic acids is 1. The van der Waals surface area contributed by atoms with Gasteiger partial charge in [0, 0.05) is 17.8 Å². The Morgan fingerprint density at radius 1 is 1.33 bits per heavy atom. The van der Waals surface area contributed by atoms with Crippen LogP contribution in [0.25, 0.3) is 0 Å². The molecule has 1 saturated carbocycles.